The number of amides is 2. The Morgan fingerprint density at radius 2 is 1.59 bits per heavy atom. The number of hydrogen-bond acceptors (Lipinski definition) is 3. The molecule has 2 aromatic carbocycles. The second-order valence-corrected chi connectivity index (χ2v) is 8.84. The van der Waals surface area contributed by atoms with Crippen LogP contribution in [0.1, 0.15) is 64.5 Å². The lowest BCUT2D eigenvalue weighted by Crippen LogP contribution is -2.51. The molecule has 174 valence electrons. The Hall–Kier alpha value is -2.53. The van der Waals surface area contributed by atoms with Gasteiger partial charge in [-0.3, -0.25) is 9.59 Å². The van der Waals surface area contributed by atoms with Crippen LogP contribution in [0.5, 0.6) is 5.75 Å². The van der Waals surface area contributed by atoms with Crippen molar-refractivity contribution in [3.8, 4) is 5.75 Å². The van der Waals surface area contributed by atoms with Crippen molar-refractivity contribution in [2.75, 3.05) is 6.61 Å². The maximum atomic E-state index is 13.2. The number of rotatable bonds is 11. The van der Waals surface area contributed by atoms with Crippen LogP contribution < -0.4 is 10.1 Å². The average molecular weight is 459 g/mol. The van der Waals surface area contributed by atoms with Gasteiger partial charge in [-0.15, -0.1) is 0 Å². The fourth-order valence-electron chi connectivity index (χ4n) is 3.32. The van der Waals surface area contributed by atoms with Crippen molar-refractivity contribution in [2.45, 2.75) is 72.0 Å². The quantitative estimate of drug-likeness (QED) is 0.479. The molecular weight excluding hydrogens is 424 g/mol. The molecule has 0 saturated heterocycles. The van der Waals surface area contributed by atoms with Crippen molar-refractivity contribution in [2.24, 2.45) is 0 Å². The van der Waals surface area contributed by atoms with E-state index in [0.717, 1.165) is 12.0 Å². The van der Waals surface area contributed by atoms with Gasteiger partial charge < -0.3 is 15.0 Å². The van der Waals surface area contributed by atoms with Gasteiger partial charge in [0, 0.05) is 17.6 Å². The molecule has 0 spiro atoms. The Kier molecular flexibility index (Phi) is 10.0. The Morgan fingerprint density at radius 1 is 0.969 bits per heavy atom. The zero-order valence-electron chi connectivity index (χ0n) is 19.7. The largest absolute Gasteiger partial charge is 0.484 e. The van der Waals surface area contributed by atoms with Crippen LogP contribution in [0.4, 0.5) is 0 Å². The number of benzene rings is 2. The SMILES string of the molecule is CC[C@H](C(=O)N[C@@H](C)CC)N(Cc1ccc(Cl)cc1)C(=O)COc1ccc(C(C)C)cc1. The minimum atomic E-state index is -0.584. The summed E-state index contributed by atoms with van der Waals surface area (Å²) in [6, 6.07) is 14.5. The van der Waals surface area contributed by atoms with E-state index >= 15 is 0 Å². The molecule has 1 N–H and O–H groups in total. The lowest BCUT2D eigenvalue weighted by atomic mass is 10.0. The van der Waals surface area contributed by atoms with Crippen LogP contribution >= 0.6 is 11.6 Å². The molecule has 0 saturated carbocycles. The van der Waals surface area contributed by atoms with Crippen molar-refractivity contribution in [3.63, 3.8) is 0 Å². The predicted molar refractivity (Wildman–Crippen MR) is 130 cm³/mol. The lowest BCUT2D eigenvalue weighted by molar-refractivity contribution is -0.143. The molecule has 0 heterocycles. The van der Waals surface area contributed by atoms with Gasteiger partial charge in [0.05, 0.1) is 0 Å². The zero-order chi connectivity index (χ0) is 23.7. The number of ether oxygens (including phenoxy) is 1. The summed E-state index contributed by atoms with van der Waals surface area (Å²) in [4.78, 5) is 27.8. The summed E-state index contributed by atoms with van der Waals surface area (Å²) in [6.07, 6.45) is 1.33. The maximum absolute atomic E-state index is 13.2. The van der Waals surface area contributed by atoms with E-state index in [4.69, 9.17) is 16.3 Å². The van der Waals surface area contributed by atoms with Gasteiger partial charge in [-0.2, -0.15) is 0 Å². The third-order valence-electron chi connectivity index (χ3n) is 5.56. The van der Waals surface area contributed by atoms with E-state index < -0.39 is 6.04 Å². The van der Waals surface area contributed by atoms with Crippen LogP contribution in [0, 0.1) is 0 Å². The van der Waals surface area contributed by atoms with Crippen LogP contribution in [0.15, 0.2) is 48.5 Å². The Bertz CT molecular complexity index is 866. The molecule has 0 aliphatic heterocycles. The molecule has 0 unspecified atom stereocenters. The molecule has 0 fully saturated rings. The smallest absolute Gasteiger partial charge is 0.261 e. The van der Waals surface area contributed by atoms with Crippen LogP contribution in [0.25, 0.3) is 0 Å². The Balaban J connectivity index is 2.18. The van der Waals surface area contributed by atoms with Gasteiger partial charge in [-0.05, 0) is 61.1 Å². The first-order valence-electron chi connectivity index (χ1n) is 11.3. The third-order valence-corrected chi connectivity index (χ3v) is 5.81. The number of hydrogen-bond donors (Lipinski definition) is 1. The average Bonchev–Trinajstić information content (AvgIpc) is 2.78. The molecule has 6 heteroatoms. The molecule has 2 amide bonds. The number of carbonyl (C=O) groups is 2. The maximum Gasteiger partial charge on any atom is 0.261 e. The van der Waals surface area contributed by atoms with Gasteiger partial charge in [-0.25, -0.2) is 0 Å². The summed E-state index contributed by atoms with van der Waals surface area (Å²) in [5.74, 6) is 0.672. The van der Waals surface area contributed by atoms with Crippen molar-refractivity contribution < 1.29 is 14.3 Å². The van der Waals surface area contributed by atoms with Gasteiger partial charge in [0.2, 0.25) is 5.91 Å². The molecule has 0 aromatic heterocycles. The summed E-state index contributed by atoms with van der Waals surface area (Å²) in [5.41, 5.74) is 2.11. The standard InChI is InChI=1S/C26H35ClN2O3/c1-6-19(5)28-26(31)24(7-2)29(16-20-8-12-22(27)13-9-20)25(30)17-32-23-14-10-21(11-15-23)18(3)4/h8-15,18-19,24H,6-7,16-17H2,1-5H3,(H,28,31)/t19-,24+/m0/s1. The molecule has 0 radical (unpaired) electrons. The van der Waals surface area contributed by atoms with E-state index in [9.17, 15) is 9.59 Å². The normalized spacial score (nSPS) is 12.8. The van der Waals surface area contributed by atoms with Crippen LogP contribution in [-0.2, 0) is 16.1 Å². The van der Waals surface area contributed by atoms with Crippen LogP contribution in [0.3, 0.4) is 0 Å². The molecule has 2 aromatic rings. The molecule has 2 rings (SSSR count). The molecule has 2 atom stereocenters. The number of halogens is 1. The second-order valence-electron chi connectivity index (χ2n) is 8.40. The highest BCUT2D eigenvalue weighted by Crippen LogP contribution is 2.20. The summed E-state index contributed by atoms with van der Waals surface area (Å²) in [7, 11) is 0. The fourth-order valence-corrected chi connectivity index (χ4v) is 3.45. The highest BCUT2D eigenvalue weighted by molar-refractivity contribution is 6.30. The molecule has 32 heavy (non-hydrogen) atoms. The van der Waals surface area contributed by atoms with E-state index in [2.05, 4.69) is 19.2 Å². The highest BCUT2D eigenvalue weighted by atomic mass is 35.5. The van der Waals surface area contributed by atoms with Gasteiger partial charge in [0.25, 0.3) is 5.91 Å². The minimum absolute atomic E-state index is 0.0414. The molecule has 0 bridgehead atoms. The van der Waals surface area contributed by atoms with Crippen molar-refractivity contribution in [3.05, 3.63) is 64.7 Å². The molecule has 5 nitrogen and oxygen atoms in total. The monoisotopic (exact) mass is 458 g/mol. The fraction of sp³-hybridized carbons (Fsp3) is 0.462. The number of carbonyl (C=O) groups excluding carboxylic acids is 2. The second kappa shape index (κ2) is 12.5. The van der Waals surface area contributed by atoms with E-state index in [0.29, 0.717) is 29.7 Å². The van der Waals surface area contributed by atoms with Crippen LogP contribution in [-0.4, -0.2) is 35.4 Å². The third kappa shape index (κ3) is 7.56. The first kappa shape index (κ1) is 25.7. The van der Waals surface area contributed by atoms with E-state index in [-0.39, 0.29) is 24.5 Å². The van der Waals surface area contributed by atoms with Gasteiger partial charge >= 0.3 is 0 Å². The van der Waals surface area contributed by atoms with Crippen molar-refractivity contribution in [1.29, 1.82) is 0 Å². The summed E-state index contributed by atoms with van der Waals surface area (Å²) in [5, 5.41) is 3.63. The molecular formula is C26H35ClN2O3. The van der Waals surface area contributed by atoms with Gasteiger partial charge in [0.1, 0.15) is 11.8 Å². The first-order valence-corrected chi connectivity index (χ1v) is 11.7. The van der Waals surface area contributed by atoms with E-state index in [1.165, 1.54) is 5.56 Å². The Morgan fingerprint density at radius 3 is 2.12 bits per heavy atom. The number of nitrogens with one attached hydrogen (secondary N) is 1. The Labute approximate surface area is 197 Å². The van der Waals surface area contributed by atoms with Crippen LogP contribution in [0.2, 0.25) is 5.02 Å². The lowest BCUT2D eigenvalue weighted by Gasteiger charge is -2.31. The minimum Gasteiger partial charge on any atom is -0.484 e. The van der Waals surface area contributed by atoms with Gasteiger partial charge in [0.15, 0.2) is 6.61 Å². The van der Waals surface area contributed by atoms with Crippen molar-refractivity contribution >= 4 is 23.4 Å². The predicted octanol–water partition coefficient (Wildman–Crippen LogP) is 5.56. The van der Waals surface area contributed by atoms with Gasteiger partial charge in [-0.1, -0.05) is 63.6 Å². The zero-order valence-corrected chi connectivity index (χ0v) is 20.5. The van der Waals surface area contributed by atoms with E-state index in [1.54, 1.807) is 17.0 Å². The molecule has 0 aliphatic carbocycles. The summed E-state index contributed by atoms with van der Waals surface area (Å²) < 4.78 is 5.77. The summed E-state index contributed by atoms with van der Waals surface area (Å²) in [6.45, 7) is 10.3. The van der Waals surface area contributed by atoms with Crippen molar-refractivity contribution in [1.82, 2.24) is 10.2 Å². The topological polar surface area (TPSA) is 58.6 Å². The molecule has 0 aliphatic rings. The summed E-state index contributed by atoms with van der Waals surface area (Å²) >= 11 is 6.01. The number of nitrogens with zero attached hydrogens (tertiary/aromatic N) is 1. The first-order chi connectivity index (χ1) is 15.2. The van der Waals surface area contributed by atoms with E-state index in [1.807, 2.05) is 57.2 Å². The highest BCUT2D eigenvalue weighted by Gasteiger charge is 2.29.